The van der Waals surface area contributed by atoms with E-state index in [1.54, 1.807) is 24.3 Å². The predicted molar refractivity (Wildman–Crippen MR) is 157 cm³/mol. The third-order valence-electron chi connectivity index (χ3n) is 8.12. The van der Waals surface area contributed by atoms with Crippen LogP contribution in [0.4, 0.5) is 17.2 Å². The molecule has 2 fully saturated rings. The lowest BCUT2D eigenvalue weighted by atomic mass is 10.0. The maximum absolute atomic E-state index is 11.8. The zero-order valence-corrected chi connectivity index (χ0v) is 22.9. The van der Waals surface area contributed by atoms with Gasteiger partial charge in [0.25, 0.3) is 0 Å². The molecule has 0 aliphatic carbocycles. The lowest BCUT2D eigenvalue weighted by Crippen LogP contribution is -2.54. The molecule has 2 aliphatic rings. The van der Waals surface area contributed by atoms with E-state index in [0.29, 0.717) is 33.8 Å². The molecule has 1 aromatic heterocycles. The topological polar surface area (TPSA) is 129 Å². The zero-order chi connectivity index (χ0) is 28.7. The fourth-order valence-electron chi connectivity index (χ4n) is 6.22. The van der Waals surface area contributed by atoms with Gasteiger partial charge >= 0.3 is 5.97 Å². The van der Waals surface area contributed by atoms with Gasteiger partial charge in [-0.25, -0.2) is 14.8 Å². The number of nitrogens with one attached hydrogen (secondary N) is 1. The molecule has 0 radical (unpaired) electrons. The van der Waals surface area contributed by atoms with Crippen LogP contribution in [0.15, 0.2) is 60.7 Å². The van der Waals surface area contributed by atoms with Crippen molar-refractivity contribution in [2.24, 2.45) is 0 Å². The molecule has 0 amide bonds. The Kier molecular flexibility index (Phi) is 6.64. The number of hydrogen-bond acceptors (Lipinski definition) is 8. The highest BCUT2D eigenvalue weighted by molar-refractivity contribution is 5.94. The quantitative estimate of drug-likeness (QED) is 0.328. The van der Waals surface area contributed by atoms with Gasteiger partial charge in [-0.3, -0.25) is 0 Å². The summed E-state index contributed by atoms with van der Waals surface area (Å²) in [5, 5.41) is 32.3. The summed E-state index contributed by atoms with van der Waals surface area (Å²) in [4.78, 5) is 26.3. The van der Waals surface area contributed by atoms with Gasteiger partial charge in [0, 0.05) is 42.1 Å². The van der Waals surface area contributed by atoms with Crippen LogP contribution < -0.4 is 15.1 Å². The molecule has 2 aliphatic heterocycles. The van der Waals surface area contributed by atoms with Crippen LogP contribution in [0.5, 0.6) is 0 Å². The van der Waals surface area contributed by atoms with Crippen molar-refractivity contribution in [3.63, 3.8) is 0 Å². The van der Waals surface area contributed by atoms with Crippen molar-refractivity contribution in [1.29, 1.82) is 10.5 Å². The first-order valence-corrected chi connectivity index (χ1v) is 13.7. The molecule has 6 rings (SSSR count). The molecule has 4 aromatic rings. The number of nitriles is 2. The van der Waals surface area contributed by atoms with Crippen LogP contribution in [-0.4, -0.2) is 46.2 Å². The van der Waals surface area contributed by atoms with Gasteiger partial charge in [-0.2, -0.15) is 10.5 Å². The van der Waals surface area contributed by atoms with Crippen LogP contribution >= 0.6 is 0 Å². The molecule has 0 saturated carbocycles. The van der Waals surface area contributed by atoms with E-state index >= 15 is 0 Å². The SMILES string of the molecule is Cc1cc([C@@H](C)Nc2ccccc2C(=O)O)c2nc(N3C4CCC3CN(c3ccc(C#N)cc3)C4)c(C#N)nc2c1. The lowest BCUT2D eigenvalue weighted by Gasteiger charge is -2.43. The van der Waals surface area contributed by atoms with E-state index in [1.807, 2.05) is 50.2 Å². The van der Waals surface area contributed by atoms with Crippen molar-refractivity contribution in [2.75, 3.05) is 28.2 Å². The average molecular weight is 544 g/mol. The summed E-state index contributed by atoms with van der Waals surface area (Å²) in [6, 6.07) is 23.1. The Balaban J connectivity index is 1.36. The monoisotopic (exact) mass is 543 g/mol. The van der Waals surface area contributed by atoms with Crippen LogP contribution in [0, 0.1) is 29.6 Å². The molecule has 3 atom stereocenters. The van der Waals surface area contributed by atoms with Crippen LogP contribution in [0.2, 0.25) is 0 Å². The van der Waals surface area contributed by atoms with E-state index in [9.17, 15) is 15.2 Å². The highest BCUT2D eigenvalue weighted by atomic mass is 16.4. The molecule has 3 aromatic carbocycles. The van der Waals surface area contributed by atoms with Crippen molar-refractivity contribution >= 4 is 34.2 Å². The number of rotatable bonds is 6. The summed E-state index contributed by atoms with van der Waals surface area (Å²) in [5.41, 5.74) is 5.99. The second kappa shape index (κ2) is 10.4. The molecular formula is C32H29N7O2. The number of carbonyl (C=O) groups is 1. The standard InChI is InChI=1S/C32H29N7O2/c1-19-13-26(20(2)35-27-6-4-3-5-25(27)32(40)41)30-28(14-19)36-29(16-34)31(37-30)39-23-11-12-24(39)18-38(17-23)22-9-7-21(15-33)8-10-22/h3-10,13-14,20,23-24,35H,11-12,17-18H2,1-2H3,(H,40,41)/t20-,23?,24?/m1/s1. The molecule has 2 saturated heterocycles. The molecule has 204 valence electrons. The maximum Gasteiger partial charge on any atom is 0.337 e. The number of carboxylic acids is 1. The number of aromatic carboxylic acids is 1. The third kappa shape index (κ3) is 4.76. The third-order valence-corrected chi connectivity index (χ3v) is 8.12. The van der Waals surface area contributed by atoms with Gasteiger partial charge in [0.2, 0.25) is 0 Å². The van der Waals surface area contributed by atoms with E-state index in [4.69, 9.17) is 15.2 Å². The molecule has 9 nitrogen and oxygen atoms in total. The van der Waals surface area contributed by atoms with Crippen molar-refractivity contribution < 1.29 is 9.90 Å². The molecule has 2 N–H and O–H groups in total. The second-order valence-corrected chi connectivity index (χ2v) is 10.8. The Morgan fingerprint density at radius 1 is 1.02 bits per heavy atom. The van der Waals surface area contributed by atoms with E-state index in [1.165, 1.54) is 0 Å². The number of carboxylic acid groups (broad SMARTS) is 1. The Hall–Kier alpha value is -5.15. The van der Waals surface area contributed by atoms with Crippen molar-refractivity contribution in [3.05, 3.63) is 88.6 Å². The smallest absolute Gasteiger partial charge is 0.337 e. The predicted octanol–water partition coefficient (Wildman–Crippen LogP) is 5.41. The van der Waals surface area contributed by atoms with Crippen molar-refractivity contribution in [1.82, 2.24) is 9.97 Å². The number of benzene rings is 3. The van der Waals surface area contributed by atoms with Crippen LogP contribution in [0.25, 0.3) is 11.0 Å². The largest absolute Gasteiger partial charge is 0.478 e. The van der Waals surface area contributed by atoms with E-state index in [2.05, 4.69) is 27.3 Å². The van der Waals surface area contributed by atoms with Crippen LogP contribution in [0.1, 0.15) is 58.5 Å². The molecule has 2 unspecified atom stereocenters. The summed E-state index contributed by atoms with van der Waals surface area (Å²) < 4.78 is 0. The van der Waals surface area contributed by atoms with Gasteiger partial charge in [0.15, 0.2) is 11.5 Å². The summed E-state index contributed by atoms with van der Waals surface area (Å²) >= 11 is 0. The summed E-state index contributed by atoms with van der Waals surface area (Å²) in [6.07, 6.45) is 1.99. The first kappa shape index (κ1) is 26.1. The minimum Gasteiger partial charge on any atom is -0.478 e. The Bertz CT molecular complexity index is 1720. The number of para-hydroxylation sites is 1. The fourth-order valence-corrected chi connectivity index (χ4v) is 6.22. The van der Waals surface area contributed by atoms with E-state index in [-0.39, 0.29) is 23.7 Å². The minimum atomic E-state index is -0.995. The number of hydrogen-bond donors (Lipinski definition) is 2. The summed E-state index contributed by atoms with van der Waals surface area (Å²) in [5.74, 6) is -0.388. The average Bonchev–Trinajstić information content (AvgIpc) is 3.24. The first-order chi connectivity index (χ1) is 19.9. The fraction of sp³-hybridized carbons (Fsp3) is 0.281. The highest BCUT2D eigenvalue weighted by Gasteiger charge is 2.42. The van der Waals surface area contributed by atoms with Gasteiger partial charge < -0.3 is 20.2 Å². The van der Waals surface area contributed by atoms with E-state index in [0.717, 1.165) is 42.7 Å². The second-order valence-electron chi connectivity index (χ2n) is 10.8. The normalized spacial score (nSPS) is 18.5. The van der Waals surface area contributed by atoms with Gasteiger partial charge in [-0.1, -0.05) is 18.2 Å². The highest BCUT2D eigenvalue weighted by Crippen LogP contribution is 2.38. The number of aryl methyl sites for hydroxylation is 1. The van der Waals surface area contributed by atoms with Gasteiger partial charge in [-0.05, 0) is 74.7 Å². The lowest BCUT2D eigenvalue weighted by molar-refractivity contribution is 0.0698. The number of nitrogens with zero attached hydrogens (tertiary/aromatic N) is 6. The maximum atomic E-state index is 11.8. The molecule has 9 heteroatoms. The number of aromatic nitrogens is 2. The van der Waals surface area contributed by atoms with Crippen LogP contribution in [-0.2, 0) is 0 Å². The Labute approximate surface area is 238 Å². The van der Waals surface area contributed by atoms with Gasteiger partial charge in [0.05, 0.1) is 34.3 Å². The summed E-state index contributed by atoms with van der Waals surface area (Å²) in [6.45, 7) is 5.53. The minimum absolute atomic E-state index is 0.176. The van der Waals surface area contributed by atoms with Gasteiger partial charge in [-0.15, -0.1) is 0 Å². The van der Waals surface area contributed by atoms with Crippen LogP contribution in [0.3, 0.4) is 0 Å². The van der Waals surface area contributed by atoms with Gasteiger partial charge in [0.1, 0.15) is 6.07 Å². The van der Waals surface area contributed by atoms with Crippen molar-refractivity contribution in [2.45, 2.75) is 44.8 Å². The molecule has 0 spiro atoms. The zero-order valence-electron chi connectivity index (χ0n) is 22.9. The molecule has 41 heavy (non-hydrogen) atoms. The summed E-state index contributed by atoms with van der Waals surface area (Å²) in [7, 11) is 0. The Morgan fingerprint density at radius 3 is 2.39 bits per heavy atom. The van der Waals surface area contributed by atoms with E-state index < -0.39 is 5.97 Å². The Morgan fingerprint density at radius 2 is 1.73 bits per heavy atom. The molecule has 2 bridgehead atoms. The molecular weight excluding hydrogens is 514 g/mol. The van der Waals surface area contributed by atoms with Crippen molar-refractivity contribution in [3.8, 4) is 12.1 Å². The first-order valence-electron chi connectivity index (χ1n) is 13.7. The number of anilines is 3. The number of fused-ring (bicyclic) bond motifs is 3. The molecule has 3 heterocycles. The number of piperazine rings is 1.